The molecule has 0 atom stereocenters. The first-order valence-corrected chi connectivity index (χ1v) is 8.08. The van der Waals surface area contributed by atoms with E-state index in [1.165, 1.54) is 28.7 Å². The Bertz CT molecular complexity index is 557. The van der Waals surface area contributed by atoms with Gasteiger partial charge in [-0.3, -0.25) is 0 Å². The standard InChI is InChI=1S/C20H27N/c1-4-12-21-15-19-9-5-6-11-20(19)18-10-7-8-17(14-18)13-16(2)3/h5-11,14,16,21H,4,12-13,15H2,1-3H3. The highest BCUT2D eigenvalue weighted by Gasteiger charge is 2.06. The summed E-state index contributed by atoms with van der Waals surface area (Å²) in [6.07, 6.45) is 2.32. The minimum Gasteiger partial charge on any atom is -0.313 e. The van der Waals surface area contributed by atoms with E-state index in [0.717, 1.165) is 19.5 Å². The number of hydrogen-bond donors (Lipinski definition) is 1. The fourth-order valence-corrected chi connectivity index (χ4v) is 2.69. The molecule has 0 unspecified atom stereocenters. The van der Waals surface area contributed by atoms with Gasteiger partial charge in [0.05, 0.1) is 0 Å². The molecule has 0 aliphatic heterocycles. The van der Waals surface area contributed by atoms with Gasteiger partial charge < -0.3 is 5.32 Å². The Morgan fingerprint density at radius 3 is 2.57 bits per heavy atom. The lowest BCUT2D eigenvalue weighted by Gasteiger charge is -2.12. The smallest absolute Gasteiger partial charge is 0.0211 e. The van der Waals surface area contributed by atoms with Crippen molar-refractivity contribution in [2.45, 2.75) is 40.2 Å². The topological polar surface area (TPSA) is 12.0 Å². The van der Waals surface area contributed by atoms with E-state index in [2.05, 4.69) is 74.6 Å². The summed E-state index contributed by atoms with van der Waals surface area (Å²) in [5.74, 6) is 0.696. The summed E-state index contributed by atoms with van der Waals surface area (Å²) in [5.41, 5.74) is 5.50. The number of hydrogen-bond acceptors (Lipinski definition) is 1. The molecule has 0 radical (unpaired) electrons. The molecule has 1 nitrogen and oxygen atoms in total. The summed E-state index contributed by atoms with van der Waals surface area (Å²) in [7, 11) is 0. The quantitative estimate of drug-likeness (QED) is 0.700. The molecule has 0 amide bonds. The Morgan fingerprint density at radius 1 is 1.00 bits per heavy atom. The third-order valence-corrected chi connectivity index (χ3v) is 3.64. The molecule has 0 heterocycles. The van der Waals surface area contributed by atoms with Gasteiger partial charge in [0, 0.05) is 6.54 Å². The molecule has 112 valence electrons. The molecular weight excluding hydrogens is 254 g/mol. The first-order valence-electron chi connectivity index (χ1n) is 8.08. The van der Waals surface area contributed by atoms with Crippen molar-refractivity contribution in [2.75, 3.05) is 6.54 Å². The molecule has 21 heavy (non-hydrogen) atoms. The van der Waals surface area contributed by atoms with Crippen molar-refractivity contribution in [2.24, 2.45) is 5.92 Å². The maximum Gasteiger partial charge on any atom is 0.0211 e. The minimum atomic E-state index is 0.696. The predicted molar refractivity (Wildman–Crippen MR) is 92.4 cm³/mol. The van der Waals surface area contributed by atoms with Crippen LogP contribution in [0.2, 0.25) is 0 Å². The molecule has 2 rings (SSSR count). The van der Waals surface area contributed by atoms with Crippen molar-refractivity contribution in [3.8, 4) is 11.1 Å². The van der Waals surface area contributed by atoms with Gasteiger partial charge in [0.15, 0.2) is 0 Å². The molecule has 0 aliphatic carbocycles. The van der Waals surface area contributed by atoms with Gasteiger partial charge >= 0.3 is 0 Å². The van der Waals surface area contributed by atoms with Gasteiger partial charge in [0.1, 0.15) is 0 Å². The van der Waals surface area contributed by atoms with Gasteiger partial charge in [-0.2, -0.15) is 0 Å². The van der Waals surface area contributed by atoms with E-state index in [4.69, 9.17) is 0 Å². The zero-order chi connectivity index (χ0) is 15.1. The predicted octanol–water partition coefficient (Wildman–Crippen LogP) is 5.05. The summed E-state index contributed by atoms with van der Waals surface area (Å²) >= 11 is 0. The van der Waals surface area contributed by atoms with Crippen LogP contribution in [-0.4, -0.2) is 6.54 Å². The van der Waals surface area contributed by atoms with E-state index < -0.39 is 0 Å². The molecule has 1 N–H and O–H groups in total. The van der Waals surface area contributed by atoms with Crippen LogP contribution in [0.15, 0.2) is 48.5 Å². The van der Waals surface area contributed by atoms with Crippen LogP contribution in [-0.2, 0) is 13.0 Å². The Hall–Kier alpha value is -1.60. The van der Waals surface area contributed by atoms with Gasteiger partial charge in [0.2, 0.25) is 0 Å². The van der Waals surface area contributed by atoms with E-state index in [1.54, 1.807) is 0 Å². The monoisotopic (exact) mass is 281 g/mol. The van der Waals surface area contributed by atoms with Gasteiger partial charge in [-0.25, -0.2) is 0 Å². The summed E-state index contributed by atoms with van der Waals surface area (Å²) in [5, 5.41) is 3.51. The van der Waals surface area contributed by atoms with Crippen molar-refractivity contribution in [1.29, 1.82) is 0 Å². The van der Waals surface area contributed by atoms with Gasteiger partial charge in [-0.15, -0.1) is 0 Å². The molecule has 0 saturated heterocycles. The lowest BCUT2D eigenvalue weighted by atomic mass is 9.95. The second-order valence-electron chi connectivity index (χ2n) is 6.13. The zero-order valence-electron chi connectivity index (χ0n) is 13.5. The summed E-state index contributed by atoms with van der Waals surface area (Å²) in [4.78, 5) is 0. The first-order chi connectivity index (χ1) is 10.2. The van der Waals surface area contributed by atoms with Crippen LogP contribution in [0.5, 0.6) is 0 Å². The molecule has 2 aromatic rings. The van der Waals surface area contributed by atoms with Crippen molar-refractivity contribution in [3.63, 3.8) is 0 Å². The molecule has 1 heteroatoms. The molecule has 0 aliphatic rings. The number of benzene rings is 2. The fraction of sp³-hybridized carbons (Fsp3) is 0.400. The molecule has 0 aromatic heterocycles. The average molecular weight is 281 g/mol. The minimum absolute atomic E-state index is 0.696. The molecule has 0 bridgehead atoms. The van der Waals surface area contributed by atoms with Crippen LogP contribution in [0.3, 0.4) is 0 Å². The Kier molecular flexibility index (Phi) is 6.01. The van der Waals surface area contributed by atoms with Crippen LogP contribution in [0, 0.1) is 5.92 Å². The largest absolute Gasteiger partial charge is 0.313 e. The van der Waals surface area contributed by atoms with Crippen LogP contribution in [0.25, 0.3) is 11.1 Å². The van der Waals surface area contributed by atoms with Crippen LogP contribution < -0.4 is 5.32 Å². The maximum atomic E-state index is 3.51. The SMILES string of the molecule is CCCNCc1ccccc1-c1cccc(CC(C)C)c1. The Balaban J connectivity index is 2.24. The van der Waals surface area contributed by atoms with Crippen molar-refractivity contribution in [1.82, 2.24) is 5.32 Å². The molecular formula is C20H27N. The number of nitrogens with one attached hydrogen (secondary N) is 1. The zero-order valence-corrected chi connectivity index (χ0v) is 13.5. The van der Waals surface area contributed by atoms with E-state index in [0.29, 0.717) is 5.92 Å². The van der Waals surface area contributed by atoms with Crippen molar-refractivity contribution < 1.29 is 0 Å². The van der Waals surface area contributed by atoms with E-state index >= 15 is 0 Å². The maximum absolute atomic E-state index is 3.51. The second kappa shape index (κ2) is 7.99. The lowest BCUT2D eigenvalue weighted by molar-refractivity contribution is 0.647. The Labute approximate surface area is 129 Å². The fourth-order valence-electron chi connectivity index (χ4n) is 2.69. The van der Waals surface area contributed by atoms with Gasteiger partial charge in [-0.1, -0.05) is 69.3 Å². The highest BCUT2D eigenvalue weighted by atomic mass is 14.8. The molecule has 0 spiro atoms. The first kappa shape index (κ1) is 15.8. The lowest BCUT2D eigenvalue weighted by Crippen LogP contribution is -2.14. The van der Waals surface area contributed by atoms with Gasteiger partial charge in [0.25, 0.3) is 0 Å². The Morgan fingerprint density at radius 2 is 1.81 bits per heavy atom. The normalized spacial score (nSPS) is 11.0. The summed E-state index contributed by atoms with van der Waals surface area (Å²) in [6, 6.07) is 17.7. The summed E-state index contributed by atoms with van der Waals surface area (Å²) < 4.78 is 0. The molecule has 0 saturated carbocycles. The molecule has 2 aromatic carbocycles. The van der Waals surface area contributed by atoms with Crippen molar-refractivity contribution in [3.05, 3.63) is 59.7 Å². The third kappa shape index (κ3) is 4.71. The van der Waals surface area contributed by atoms with Gasteiger partial charge in [-0.05, 0) is 47.6 Å². The van der Waals surface area contributed by atoms with E-state index in [-0.39, 0.29) is 0 Å². The number of rotatable bonds is 7. The van der Waals surface area contributed by atoms with Crippen LogP contribution in [0.4, 0.5) is 0 Å². The van der Waals surface area contributed by atoms with Crippen molar-refractivity contribution >= 4 is 0 Å². The summed E-state index contributed by atoms with van der Waals surface area (Å²) in [6.45, 7) is 8.76. The second-order valence-corrected chi connectivity index (χ2v) is 6.13. The van der Waals surface area contributed by atoms with E-state index in [9.17, 15) is 0 Å². The highest BCUT2D eigenvalue weighted by Crippen LogP contribution is 2.25. The average Bonchev–Trinajstić information content (AvgIpc) is 2.48. The van der Waals surface area contributed by atoms with E-state index in [1.807, 2.05) is 0 Å². The van der Waals surface area contributed by atoms with Crippen LogP contribution >= 0.6 is 0 Å². The van der Waals surface area contributed by atoms with Crippen LogP contribution in [0.1, 0.15) is 38.3 Å². The molecule has 0 fully saturated rings. The highest BCUT2D eigenvalue weighted by molar-refractivity contribution is 5.68. The third-order valence-electron chi connectivity index (χ3n) is 3.64.